The van der Waals surface area contributed by atoms with Gasteiger partial charge in [0, 0.05) is 58.1 Å². The van der Waals surface area contributed by atoms with E-state index < -0.39 is 24.0 Å². The van der Waals surface area contributed by atoms with Crippen molar-refractivity contribution in [2.75, 3.05) is 70.5 Å². The molecule has 3 aliphatic heterocycles. The quantitative estimate of drug-likeness (QED) is 0.425. The first-order valence-electron chi connectivity index (χ1n) is 12.2. The van der Waals surface area contributed by atoms with Gasteiger partial charge in [0.05, 0.1) is 37.9 Å². The minimum Gasteiger partial charge on any atom is -0.379 e. The first-order valence-corrected chi connectivity index (χ1v) is 12.2. The molecular weight excluding hydrogens is 495 g/mol. The van der Waals surface area contributed by atoms with Crippen LogP contribution >= 0.6 is 0 Å². The minimum atomic E-state index is -4.61. The summed E-state index contributed by atoms with van der Waals surface area (Å²) < 4.78 is 50.9. The van der Waals surface area contributed by atoms with Gasteiger partial charge in [0.2, 0.25) is 11.8 Å². The van der Waals surface area contributed by atoms with Crippen LogP contribution in [0.25, 0.3) is 0 Å². The van der Waals surface area contributed by atoms with Crippen LogP contribution in [0.5, 0.6) is 0 Å². The first kappa shape index (κ1) is 27.1. The lowest BCUT2D eigenvalue weighted by Gasteiger charge is -2.47. The summed E-state index contributed by atoms with van der Waals surface area (Å²) in [5, 5.41) is 8.87. The van der Waals surface area contributed by atoms with E-state index in [1.54, 1.807) is 21.9 Å². The summed E-state index contributed by atoms with van der Waals surface area (Å²) in [7, 11) is 0. The van der Waals surface area contributed by atoms with Crippen LogP contribution in [0.1, 0.15) is 12.0 Å². The third-order valence-corrected chi connectivity index (χ3v) is 6.76. The van der Waals surface area contributed by atoms with Crippen LogP contribution in [0.3, 0.4) is 0 Å². The lowest BCUT2D eigenvalue weighted by Crippen LogP contribution is -2.69. The molecule has 11 nitrogen and oxygen atoms in total. The van der Waals surface area contributed by atoms with Gasteiger partial charge in [-0.05, 0) is 12.1 Å². The van der Waals surface area contributed by atoms with Gasteiger partial charge in [-0.3, -0.25) is 19.9 Å². The lowest BCUT2D eigenvalue weighted by atomic mass is 9.92. The number of alkyl halides is 3. The Hall–Kier alpha value is -2.99. The second-order valence-corrected chi connectivity index (χ2v) is 9.15. The molecule has 4 rings (SSSR count). The number of aromatic nitrogens is 1. The zero-order chi connectivity index (χ0) is 26.4. The second-order valence-electron chi connectivity index (χ2n) is 9.15. The molecular formula is C23H30F3N7O4. The topological polar surface area (TPSA) is 123 Å². The Kier molecular flexibility index (Phi) is 8.80. The highest BCUT2D eigenvalue weighted by atomic mass is 19.4. The number of amides is 2. The number of ether oxygens (including phenoxy) is 2. The Labute approximate surface area is 212 Å². The molecule has 202 valence electrons. The summed E-state index contributed by atoms with van der Waals surface area (Å²) in [6.45, 7) is 3.92. The molecule has 2 unspecified atom stereocenters. The Balaban J connectivity index is 1.06. The van der Waals surface area contributed by atoms with Crippen LogP contribution in [0, 0.1) is 17.2 Å². The second kappa shape index (κ2) is 12.0. The van der Waals surface area contributed by atoms with Gasteiger partial charge in [-0.15, -0.1) is 0 Å². The van der Waals surface area contributed by atoms with Crippen molar-refractivity contribution in [2.45, 2.75) is 24.7 Å². The fourth-order valence-electron chi connectivity index (χ4n) is 4.68. The Morgan fingerprint density at radius 2 is 1.92 bits per heavy atom. The summed E-state index contributed by atoms with van der Waals surface area (Å²) in [6, 6.07) is 4.60. The maximum atomic E-state index is 13.3. The minimum absolute atomic E-state index is 0.00679. The molecule has 0 spiro atoms. The van der Waals surface area contributed by atoms with E-state index in [4.69, 9.17) is 14.7 Å². The van der Waals surface area contributed by atoms with Crippen LogP contribution in [-0.2, 0) is 19.1 Å². The van der Waals surface area contributed by atoms with Gasteiger partial charge in [-0.25, -0.2) is 10.4 Å². The number of pyridine rings is 1. The molecule has 4 heterocycles. The third-order valence-electron chi connectivity index (χ3n) is 6.76. The average Bonchev–Trinajstić information content (AvgIpc) is 2.86. The highest BCUT2D eigenvalue weighted by molar-refractivity contribution is 5.80. The number of halogens is 3. The summed E-state index contributed by atoms with van der Waals surface area (Å²) in [4.78, 5) is 33.9. The molecule has 2 atom stereocenters. The highest BCUT2D eigenvalue weighted by Gasteiger charge is 2.54. The zero-order valence-corrected chi connectivity index (χ0v) is 20.2. The van der Waals surface area contributed by atoms with Crippen molar-refractivity contribution in [2.24, 2.45) is 5.92 Å². The van der Waals surface area contributed by atoms with Gasteiger partial charge in [0.25, 0.3) is 0 Å². The molecule has 1 aromatic heterocycles. The van der Waals surface area contributed by atoms with Crippen molar-refractivity contribution in [1.29, 1.82) is 5.26 Å². The number of piperazine rings is 1. The summed E-state index contributed by atoms with van der Waals surface area (Å²) in [6.07, 6.45) is -3.04. The number of hydrogen-bond donors (Lipinski definition) is 2. The van der Waals surface area contributed by atoms with Crippen molar-refractivity contribution in [3.63, 3.8) is 0 Å². The number of hydrogen-bond acceptors (Lipinski definition) is 9. The molecule has 0 aromatic carbocycles. The zero-order valence-electron chi connectivity index (χ0n) is 20.2. The fourth-order valence-corrected chi connectivity index (χ4v) is 4.68. The normalized spacial score (nSPS) is 23.4. The van der Waals surface area contributed by atoms with Gasteiger partial charge >= 0.3 is 6.18 Å². The Bertz CT molecular complexity index is 974. The number of likely N-dealkylation sites (tertiary alicyclic amines) is 1. The molecule has 2 N–H and O–H groups in total. The molecule has 2 amide bonds. The molecule has 3 fully saturated rings. The predicted octanol–water partition coefficient (Wildman–Crippen LogP) is -0.109. The summed E-state index contributed by atoms with van der Waals surface area (Å²) >= 11 is 0. The van der Waals surface area contributed by atoms with E-state index in [1.165, 1.54) is 6.20 Å². The van der Waals surface area contributed by atoms with Crippen LogP contribution < -0.4 is 15.8 Å². The van der Waals surface area contributed by atoms with E-state index in [9.17, 15) is 22.8 Å². The van der Waals surface area contributed by atoms with Crippen LogP contribution in [-0.4, -0.2) is 111 Å². The van der Waals surface area contributed by atoms with Crippen LogP contribution in [0.15, 0.2) is 18.3 Å². The monoisotopic (exact) mass is 525 g/mol. The first-order chi connectivity index (χ1) is 17.8. The van der Waals surface area contributed by atoms with Crippen molar-refractivity contribution < 1.29 is 32.2 Å². The molecule has 14 heteroatoms. The number of nitrogens with one attached hydrogen (secondary N) is 2. The van der Waals surface area contributed by atoms with E-state index in [-0.39, 0.29) is 44.8 Å². The highest BCUT2D eigenvalue weighted by Crippen LogP contribution is 2.34. The van der Waals surface area contributed by atoms with Gasteiger partial charge in [-0.1, -0.05) is 0 Å². The van der Waals surface area contributed by atoms with Crippen molar-refractivity contribution in [3.05, 3.63) is 23.9 Å². The van der Waals surface area contributed by atoms with Crippen LogP contribution in [0.2, 0.25) is 0 Å². The Morgan fingerprint density at radius 3 is 2.57 bits per heavy atom. The molecule has 0 aliphatic carbocycles. The van der Waals surface area contributed by atoms with Crippen LogP contribution in [0.4, 0.5) is 19.0 Å². The van der Waals surface area contributed by atoms with Gasteiger partial charge in [0.1, 0.15) is 11.9 Å². The van der Waals surface area contributed by atoms with E-state index in [2.05, 4.69) is 20.7 Å². The largest absolute Gasteiger partial charge is 0.402 e. The van der Waals surface area contributed by atoms with E-state index >= 15 is 0 Å². The molecule has 3 aliphatic rings. The third kappa shape index (κ3) is 6.86. The number of anilines is 1. The van der Waals surface area contributed by atoms with Gasteiger partial charge in [0.15, 0.2) is 5.92 Å². The van der Waals surface area contributed by atoms with E-state index in [0.717, 1.165) is 5.82 Å². The SMILES string of the molecule is N#Cc1ccc(N2CCN(C(=O)CCOCCOC3CN(C4CNNC(=O)C4C(F)(F)F)C3)CC2)nc1. The average molecular weight is 526 g/mol. The van der Waals surface area contributed by atoms with E-state index in [1.807, 2.05) is 6.07 Å². The van der Waals surface area contributed by atoms with Crippen molar-refractivity contribution in [3.8, 4) is 6.07 Å². The van der Waals surface area contributed by atoms with Crippen molar-refractivity contribution in [1.82, 2.24) is 25.6 Å². The molecule has 0 bridgehead atoms. The number of nitriles is 1. The number of nitrogens with zero attached hydrogens (tertiary/aromatic N) is 5. The maximum Gasteiger partial charge on any atom is 0.402 e. The van der Waals surface area contributed by atoms with E-state index in [0.29, 0.717) is 44.8 Å². The number of rotatable bonds is 9. The summed E-state index contributed by atoms with van der Waals surface area (Å²) in [5.74, 6) is -2.34. The standard InChI is InChI=1S/C23H30F3N7O4/c24-23(25,26)21-18(13-29-30-22(21)35)33-14-17(15-33)37-10-9-36-8-3-20(34)32-6-4-31(5-7-32)19-2-1-16(11-27)12-28-19/h1-2,12,17-18,21,29H,3-10,13-15H2,(H,30,35). The Morgan fingerprint density at radius 1 is 1.16 bits per heavy atom. The number of carbonyl (C=O) groups excluding carboxylic acids is 2. The van der Waals surface area contributed by atoms with Crippen molar-refractivity contribution >= 4 is 17.6 Å². The number of hydrazine groups is 1. The molecule has 1 aromatic rings. The predicted molar refractivity (Wildman–Crippen MR) is 124 cm³/mol. The molecule has 0 saturated carbocycles. The molecule has 0 radical (unpaired) electrons. The molecule has 3 saturated heterocycles. The smallest absolute Gasteiger partial charge is 0.379 e. The lowest BCUT2D eigenvalue weighted by molar-refractivity contribution is -0.209. The van der Waals surface area contributed by atoms with Gasteiger partial charge in [-0.2, -0.15) is 18.4 Å². The number of carbonyl (C=O) groups is 2. The maximum absolute atomic E-state index is 13.3. The molecule has 37 heavy (non-hydrogen) atoms. The fraction of sp³-hybridized carbons (Fsp3) is 0.652. The van der Waals surface area contributed by atoms with Gasteiger partial charge < -0.3 is 19.3 Å². The summed E-state index contributed by atoms with van der Waals surface area (Å²) in [5.41, 5.74) is 5.07.